The van der Waals surface area contributed by atoms with Gasteiger partial charge in [0.1, 0.15) is 28.0 Å². The fourth-order valence-electron chi connectivity index (χ4n) is 3.32. The molecule has 1 heterocycles. The number of para-hydroxylation sites is 1. The Balaban J connectivity index is 0.000000361. The van der Waals surface area contributed by atoms with Gasteiger partial charge in [-0.2, -0.15) is 0 Å². The number of anilines is 1. The largest absolute Gasteiger partial charge is 0.506 e. The Morgan fingerprint density at radius 2 is 1.59 bits per heavy atom. The summed E-state index contributed by atoms with van der Waals surface area (Å²) in [5.41, 5.74) is 10.1. The van der Waals surface area contributed by atoms with E-state index in [-0.39, 0.29) is 39.7 Å². The third-order valence-electron chi connectivity index (χ3n) is 5.57. The van der Waals surface area contributed by atoms with E-state index >= 15 is 0 Å². The van der Waals surface area contributed by atoms with E-state index in [2.05, 4.69) is 5.32 Å². The van der Waals surface area contributed by atoms with Gasteiger partial charge in [-0.15, -0.1) is 0 Å². The molecule has 3 rings (SSSR count). The first-order valence-electron chi connectivity index (χ1n) is 12.6. The molecule has 0 radical (unpaired) electrons. The number of nitrogens with one attached hydrogen (secondary N) is 1. The Kier molecular flexibility index (Phi) is 15.0. The van der Waals surface area contributed by atoms with Crippen molar-refractivity contribution in [2.45, 2.75) is 43.7 Å². The highest BCUT2D eigenvalue weighted by atomic mass is 35.5. The molecule has 0 amide bonds. The van der Waals surface area contributed by atoms with Gasteiger partial charge in [-0.1, -0.05) is 24.1 Å². The first-order valence-corrected chi connectivity index (χ1v) is 14.5. The van der Waals surface area contributed by atoms with E-state index in [0.717, 1.165) is 18.9 Å². The van der Waals surface area contributed by atoms with E-state index in [4.69, 9.17) is 47.9 Å². The number of nitrogens with two attached hydrogens (primary N) is 3. The van der Waals surface area contributed by atoms with Crippen LogP contribution in [-0.2, 0) is 21.4 Å². The van der Waals surface area contributed by atoms with Crippen molar-refractivity contribution in [3.8, 4) is 5.75 Å². The number of furan rings is 1. The summed E-state index contributed by atoms with van der Waals surface area (Å²) < 4.78 is 27.8. The van der Waals surface area contributed by atoms with Crippen molar-refractivity contribution in [2.24, 2.45) is 16.6 Å². The first kappa shape index (κ1) is 37.5. The van der Waals surface area contributed by atoms with Crippen LogP contribution in [0.4, 0.5) is 5.69 Å². The lowest BCUT2D eigenvalue weighted by molar-refractivity contribution is -0.138. The van der Waals surface area contributed by atoms with Crippen LogP contribution in [0, 0.1) is 0 Å². The summed E-state index contributed by atoms with van der Waals surface area (Å²) in [7, 11) is -4.11. The number of primary sulfonamides is 1. The van der Waals surface area contributed by atoms with Crippen molar-refractivity contribution in [1.82, 2.24) is 0 Å². The SMILES string of the molecule is CC(=O)c1cccc(C(=O)O)c1O.NCCCCC(N)C(=O)O.NS(=O)(=O)c1cc(C(=O)O)c(NCc2ccco2)cc1Cl. The molecule has 0 aliphatic carbocycles. The zero-order valence-corrected chi connectivity index (χ0v) is 25.0. The van der Waals surface area contributed by atoms with Crippen LogP contribution in [0.3, 0.4) is 0 Å². The molecule has 2 aromatic carbocycles. The summed E-state index contributed by atoms with van der Waals surface area (Å²) >= 11 is 5.84. The van der Waals surface area contributed by atoms with Gasteiger partial charge in [-0.3, -0.25) is 9.59 Å². The number of carboxylic acid groups (broad SMARTS) is 3. The van der Waals surface area contributed by atoms with Gasteiger partial charge in [0.15, 0.2) is 5.78 Å². The Morgan fingerprint density at radius 1 is 0.977 bits per heavy atom. The van der Waals surface area contributed by atoms with Crippen molar-refractivity contribution >= 4 is 51.0 Å². The van der Waals surface area contributed by atoms with E-state index in [1.165, 1.54) is 37.5 Å². The molecule has 0 aliphatic rings. The normalized spacial score (nSPS) is 11.2. The molecule has 15 nitrogen and oxygen atoms in total. The van der Waals surface area contributed by atoms with Gasteiger partial charge in [-0.25, -0.2) is 23.1 Å². The Hall–Kier alpha value is -4.48. The summed E-state index contributed by atoms with van der Waals surface area (Å²) in [4.78, 5) is 42.3. The van der Waals surface area contributed by atoms with E-state index in [9.17, 15) is 32.7 Å². The van der Waals surface area contributed by atoms with E-state index in [0.29, 0.717) is 18.7 Å². The maximum absolute atomic E-state index is 11.3. The van der Waals surface area contributed by atoms with Gasteiger partial charge in [0.05, 0.1) is 34.6 Å². The molecule has 1 aromatic heterocycles. The number of carboxylic acids is 3. The summed E-state index contributed by atoms with van der Waals surface area (Å²) in [6.07, 6.45) is 3.64. The quantitative estimate of drug-likeness (QED) is 0.103. The number of carbonyl (C=O) groups is 4. The monoisotopic (exact) mass is 656 g/mol. The number of aromatic carboxylic acids is 2. The average Bonchev–Trinajstić information content (AvgIpc) is 3.45. The summed E-state index contributed by atoms with van der Waals surface area (Å²) in [5, 5.41) is 43.1. The number of carbonyl (C=O) groups excluding carboxylic acids is 1. The van der Waals surface area contributed by atoms with Gasteiger partial charge < -0.3 is 41.6 Å². The topological polar surface area (TPSA) is 287 Å². The lowest BCUT2D eigenvalue weighted by atomic mass is 10.1. The van der Waals surface area contributed by atoms with Crippen LogP contribution >= 0.6 is 11.6 Å². The second-order valence-corrected chi connectivity index (χ2v) is 10.8. The maximum Gasteiger partial charge on any atom is 0.339 e. The summed E-state index contributed by atoms with van der Waals surface area (Å²) in [6, 6.07) is 8.83. The lowest BCUT2D eigenvalue weighted by Crippen LogP contribution is -2.29. The zero-order chi connectivity index (χ0) is 33.6. The van der Waals surface area contributed by atoms with E-state index in [1.54, 1.807) is 12.1 Å². The van der Waals surface area contributed by atoms with Crippen LogP contribution < -0.4 is 21.9 Å². The Morgan fingerprint density at radius 3 is 2.07 bits per heavy atom. The molecular weight excluding hydrogens is 624 g/mol. The van der Waals surface area contributed by atoms with Crippen molar-refractivity contribution < 1.29 is 52.4 Å². The molecule has 44 heavy (non-hydrogen) atoms. The maximum atomic E-state index is 11.3. The smallest absolute Gasteiger partial charge is 0.339 e. The fraction of sp³-hybridized carbons (Fsp3) is 0.259. The van der Waals surface area contributed by atoms with Crippen LogP contribution in [0.15, 0.2) is 58.0 Å². The van der Waals surface area contributed by atoms with Crippen LogP contribution in [0.5, 0.6) is 5.75 Å². The number of aromatic hydroxyl groups is 1. The third kappa shape index (κ3) is 12.0. The molecule has 1 atom stereocenters. The average molecular weight is 657 g/mol. The number of ketones is 1. The minimum atomic E-state index is -4.11. The Bertz CT molecular complexity index is 1530. The number of hydrogen-bond donors (Lipinski definition) is 8. The number of unbranched alkanes of at least 4 members (excludes halogenated alkanes) is 1. The molecule has 17 heteroatoms. The standard InChI is InChI=1S/C12H11ClN2O5S.C9H8O4.C6H14N2O2/c13-9-5-10(15-6-7-2-1-3-20-7)8(12(16)17)4-11(9)21(14,18)19;1-5(10)6-3-2-4-7(8(6)11)9(12)13;7-4-2-1-3-5(8)6(9)10/h1-5,15H,6H2,(H,16,17)(H2,14,18,19);2-4,11H,1H3,(H,12,13);5H,1-4,7-8H2,(H,9,10). The van der Waals surface area contributed by atoms with Crippen LogP contribution in [-0.4, -0.2) is 65.1 Å². The van der Waals surface area contributed by atoms with Gasteiger partial charge in [0.2, 0.25) is 10.0 Å². The predicted octanol–water partition coefficient (Wildman–Crippen LogP) is 2.71. The minimum absolute atomic E-state index is 0.0277. The van der Waals surface area contributed by atoms with Gasteiger partial charge >= 0.3 is 17.9 Å². The number of benzene rings is 2. The highest BCUT2D eigenvalue weighted by Gasteiger charge is 2.20. The molecular formula is C27H33ClN4O11S. The molecule has 0 aliphatic heterocycles. The molecule has 0 saturated carbocycles. The second-order valence-electron chi connectivity index (χ2n) is 8.90. The van der Waals surface area contributed by atoms with Crippen molar-refractivity contribution in [3.63, 3.8) is 0 Å². The second kappa shape index (κ2) is 17.6. The minimum Gasteiger partial charge on any atom is -0.506 e. The van der Waals surface area contributed by atoms with Crippen LogP contribution in [0.1, 0.15) is 63.0 Å². The molecule has 0 saturated heterocycles. The van der Waals surface area contributed by atoms with Gasteiger partial charge in [-0.05, 0) is 62.7 Å². The molecule has 240 valence electrons. The molecule has 0 fully saturated rings. The summed E-state index contributed by atoms with van der Waals surface area (Å²) in [6.45, 7) is 2.09. The van der Waals surface area contributed by atoms with Crippen molar-refractivity contribution in [3.05, 3.63) is 76.2 Å². The number of sulfonamides is 1. The number of hydrogen-bond acceptors (Lipinski definition) is 11. The van der Waals surface area contributed by atoms with Crippen LogP contribution in [0.25, 0.3) is 0 Å². The molecule has 1 unspecified atom stereocenters. The van der Waals surface area contributed by atoms with Crippen molar-refractivity contribution in [1.29, 1.82) is 0 Å². The van der Waals surface area contributed by atoms with Gasteiger partial charge in [0, 0.05) is 0 Å². The number of rotatable bonds is 12. The van der Waals surface area contributed by atoms with E-state index in [1.807, 2.05) is 0 Å². The predicted molar refractivity (Wildman–Crippen MR) is 159 cm³/mol. The fourth-order valence-corrected chi connectivity index (χ4v) is 4.42. The number of phenols is 1. The Labute approximate surface area is 257 Å². The molecule has 0 spiro atoms. The molecule has 11 N–H and O–H groups in total. The number of aliphatic carboxylic acids is 1. The zero-order valence-electron chi connectivity index (χ0n) is 23.4. The highest BCUT2D eigenvalue weighted by molar-refractivity contribution is 7.89. The van der Waals surface area contributed by atoms with Gasteiger partial charge in [0.25, 0.3) is 0 Å². The molecule has 0 bridgehead atoms. The lowest BCUT2D eigenvalue weighted by Gasteiger charge is -2.11. The number of halogens is 1. The van der Waals surface area contributed by atoms with Crippen molar-refractivity contribution in [2.75, 3.05) is 11.9 Å². The first-order chi connectivity index (χ1) is 20.5. The number of Topliss-reactive ketones (excluding diaryl/α,β-unsaturated/α-hetero) is 1. The molecule has 3 aromatic rings. The highest BCUT2D eigenvalue weighted by Crippen LogP contribution is 2.29. The van der Waals surface area contributed by atoms with E-state index < -0.39 is 44.6 Å². The summed E-state index contributed by atoms with van der Waals surface area (Å²) in [5.74, 6) is -3.74. The van der Waals surface area contributed by atoms with Crippen LogP contribution in [0.2, 0.25) is 5.02 Å². The third-order valence-corrected chi connectivity index (χ3v) is 6.95.